The Hall–Kier alpha value is -5.47. The lowest BCUT2D eigenvalue weighted by molar-refractivity contribution is 0.908. The first-order valence-corrected chi connectivity index (χ1v) is 13.9. The minimum Gasteiger partial charge on any atom is -0.296 e. The van der Waals surface area contributed by atoms with Crippen molar-refractivity contribution in [3.63, 3.8) is 0 Å². The molecule has 0 aliphatic rings. The fraction of sp³-hybridized carbons (Fsp3) is 0.0488. The second-order valence-electron chi connectivity index (χ2n) is 10.1. The van der Waals surface area contributed by atoms with Crippen LogP contribution in [0.5, 0.6) is 0 Å². The van der Waals surface area contributed by atoms with E-state index in [-0.39, 0.29) is 49.4 Å². The number of imidazole rings is 1. The Morgan fingerprint density at radius 3 is 1.77 bits per heavy atom. The molecule has 0 spiro atoms. The molecular formula is C41H30N2. The van der Waals surface area contributed by atoms with Gasteiger partial charge in [0.25, 0.3) is 0 Å². The quantitative estimate of drug-likeness (QED) is 0.190. The Morgan fingerprint density at radius 1 is 0.558 bits per heavy atom. The van der Waals surface area contributed by atoms with Gasteiger partial charge in [-0.3, -0.25) is 4.57 Å². The monoisotopic (exact) mass is 563 g/mol. The minimum absolute atomic E-state index is 0.00512. The zero-order valence-electron chi connectivity index (χ0n) is 36.0. The number of aromatic nitrogens is 2. The minimum atomic E-state index is -0.560. The lowest BCUT2D eigenvalue weighted by Gasteiger charge is -2.19. The molecule has 8 rings (SSSR count). The molecule has 0 unspecified atom stereocenters. The Labute approximate surface area is 269 Å². The first-order valence-electron chi connectivity index (χ1n) is 20.4. The number of hydrogen-bond donors (Lipinski definition) is 0. The summed E-state index contributed by atoms with van der Waals surface area (Å²) in [5.41, 5.74) is 3.37. The molecule has 2 nitrogen and oxygen atoms in total. The van der Waals surface area contributed by atoms with Gasteiger partial charge in [0.05, 0.1) is 28.9 Å². The second kappa shape index (κ2) is 10.4. The van der Waals surface area contributed by atoms with Crippen LogP contribution in [-0.2, 0) is 6.42 Å². The zero-order valence-corrected chi connectivity index (χ0v) is 23.0. The van der Waals surface area contributed by atoms with Gasteiger partial charge in [0.2, 0.25) is 0 Å². The molecule has 0 saturated carbocycles. The lowest BCUT2D eigenvalue weighted by Crippen LogP contribution is -2.00. The molecule has 0 aliphatic carbocycles. The van der Waals surface area contributed by atoms with Crippen molar-refractivity contribution in [3.8, 4) is 39.1 Å². The summed E-state index contributed by atoms with van der Waals surface area (Å²) < 4.78 is 116. The normalized spacial score (nSPS) is 15.7. The van der Waals surface area contributed by atoms with Gasteiger partial charge in [-0.25, -0.2) is 4.98 Å². The molecule has 0 saturated heterocycles. The van der Waals surface area contributed by atoms with Crippen molar-refractivity contribution in [2.24, 2.45) is 0 Å². The van der Waals surface area contributed by atoms with E-state index in [1.807, 2.05) is 47.9 Å². The van der Waals surface area contributed by atoms with Crippen molar-refractivity contribution in [2.45, 2.75) is 13.3 Å². The van der Waals surface area contributed by atoms with Crippen molar-refractivity contribution < 1.29 is 17.8 Å². The number of para-hydroxylation sites is 2. The van der Waals surface area contributed by atoms with Gasteiger partial charge in [0.1, 0.15) is 5.82 Å². The van der Waals surface area contributed by atoms with E-state index in [0.29, 0.717) is 17.7 Å². The summed E-state index contributed by atoms with van der Waals surface area (Å²) in [5, 5.41) is 0.0455. The van der Waals surface area contributed by atoms with Gasteiger partial charge in [-0.15, -0.1) is 0 Å². The van der Waals surface area contributed by atoms with Gasteiger partial charge >= 0.3 is 0 Å². The van der Waals surface area contributed by atoms with Crippen LogP contribution >= 0.6 is 0 Å². The maximum atomic E-state index is 9.33. The molecule has 0 atom stereocenters. The summed E-state index contributed by atoms with van der Waals surface area (Å²) in [4.78, 5) is 4.81. The average Bonchev–Trinajstić information content (AvgIpc) is 3.60. The van der Waals surface area contributed by atoms with Crippen LogP contribution < -0.4 is 0 Å². The molecule has 0 radical (unpaired) electrons. The molecule has 1 aromatic heterocycles. The summed E-state index contributed by atoms with van der Waals surface area (Å²) in [6, 6.07) is 14.7. The van der Waals surface area contributed by atoms with Crippen LogP contribution in [-0.4, -0.2) is 9.55 Å². The summed E-state index contributed by atoms with van der Waals surface area (Å²) in [7, 11) is 0. The molecule has 0 amide bonds. The van der Waals surface area contributed by atoms with Gasteiger partial charge in [-0.1, -0.05) is 128 Å². The molecule has 8 aromatic rings. The molecule has 0 bridgehead atoms. The van der Waals surface area contributed by atoms with E-state index in [4.69, 9.17) is 17.3 Å². The largest absolute Gasteiger partial charge is 0.296 e. The Kier molecular flexibility index (Phi) is 3.67. The van der Waals surface area contributed by atoms with Gasteiger partial charge in [-0.2, -0.15) is 0 Å². The molecule has 1 heterocycles. The highest BCUT2D eigenvalue weighted by Crippen LogP contribution is 2.44. The summed E-state index contributed by atoms with van der Waals surface area (Å²) in [5.74, 6) is 0.774. The molecular weight excluding hydrogens is 520 g/mol. The molecule has 0 aliphatic heterocycles. The van der Waals surface area contributed by atoms with Crippen LogP contribution in [0.4, 0.5) is 0 Å². The highest BCUT2D eigenvalue weighted by atomic mass is 15.1. The standard InChI is InChI=1S/C41H30N2/c1-2-39-42-37-24-10-11-25-38(37)43(39)32-19-13-18-31(27-32)41-35-22-8-6-20-33(35)40(34-21-7-9-23-36(34)41)30-17-12-16-29(26-30)28-14-4-3-5-15-28/h3-27H,2H2,1H3/i3D,4D,5D,6D,7D,8D,9D,14D,15D,20D,21D,22D,23D. The summed E-state index contributed by atoms with van der Waals surface area (Å²) in [6.07, 6.45) is 0.600. The van der Waals surface area contributed by atoms with Gasteiger partial charge < -0.3 is 0 Å². The van der Waals surface area contributed by atoms with Gasteiger partial charge in [0, 0.05) is 12.1 Å². The van der Waals surface area contributed by atoms with E-state index in [1.54, 1.807) is 30.3 Å². The average molecular weight is 564 g/mol. The molecule has 43 heavy (non-hydrogen) atoms. The number of benzene rings is 7. The topological polar surface area (TPSA) is 17.8 Å². The van der Waals surface area contributed by atoms with Crippen molar-refractivity contribution in [2.75, 3.05) is 0 Å². The molecule has 204 valence electrons. The number of nitrogens with zero attached hydrogens (tertiary/aromatic N) is 2. The predicted molar refractivity (Wildman–Crippen MR) is 182 cm³/mol. The summed E-state index contributed by atoms with van der Waals surface area (Å²) >= 11 is 0. The Morgan fingerprint density at radius 2 is 1.12 bits per heavy atom. The fourth-order valence-electron chi connectivity index (χ4n) is 5.83. The van der Waals surface area contributed by atoms with Crippen LogP contribution in [0.3, 0.4) is 0 Å². The molecule has 2 heteroatoms. The van der Waals surface area contributed by atoms with Crippen molar-refractivity contribution in [3.05, 3.63) is 157 Å². The van der Waals surface area contributed by atoms with Crippen LogP contribution in [0.15, 0.2) is 151 Å². The van der Waals surface area contributed by atoms with Crippen LogP contribution in [0.1, 0.15) is 30.6 Å². The molecule has 0 N–H and O–H groups in total. The fourth-order valence-corrected chi connectivity index (χ4v) is 5.83. The van der Waals surface area contributed by atoms with Gasteiger partial charge in [-0.05, 0) is 85.3 Å². The highest BCUT2D eigenvalue weighted by Gasteiger charge is 2.18. The molecule has 0 fully saturated rings. The third-order valence-electron chi connectivity index (χ3n) is 7.65. The lowest BCUT2D eigenvalue weighted by atomic mass is 9.85. The van der Waals surface area contributed by atoms with Crippen molar-refractivity contribution in [1.29, 1.82) is 0 Å². The first kappa shape index (κ1) is 15.1. The maximum absolute atomic E-state index is 9.33. The van der Waals surface area contributed by atoms with E-state index in [0.717, 1.165) is 16.9 Å². The number of fused-ring (bicyclic) bond motifs is 3. The van der Waals surface area contributed by atoms with E-state index in [9.17, 15) is 5.48 Å². The van der Waals surface area contributed by atoms with Crippen molar-refractivity contribution in [1.82, 2.24) is 9.55 Å². The maximum Gasteiger partial charge on any atom is 0.114 e. The van der Waals surface area contributed by atoms with Gasteiger partial charge in [0.15, 0.2) is 0 Å². The van der Waals surface area contributed by atoms with Crippen molar-refractivity contribution >= 4 is 32.6 Å². The number of aryl methyl sites for hydroxylation is 1. The smallest absolute Gasteiger partial charge is 0.114 e. The number of hydrogen-bond acceptors (Lipinski definition) is 1. The van der Waals surface area contributed by atoms with E-state index >= 15 is 0 Å². The van der Waals surface area contributed by atoms with Crippen LogP contribution in [0.25, 0.3) is 71.6 Å². The van der Waals surface area contributed by atoms with E-state index < -0.39 is 78.6 Å². The zero-order chi connectivity index (χ0) is 40.1. The Bertz CT molecular complexity index is 2900. The predicted octanol–water partition coefficient (Wildman–Crippen LogP) is 10.9. The Balaban J connectivity index is 1.56. The third kappa shape index (κ3) is 4.23. The van der Waals surface area contributed by atoms with E-state index in [2.05, 4.69) is 0 Å². The SMILES string of the molecule is [2H]c1c([2H])c([2H])c(-c2cccc(-c3c4c([2H])c([2H])c([2H])c([2H])c4c(-c4cccc(-n5c(CC)nc6ccccc65)c4)c4c([2H])c([2H])c([2H])c([2H])c34)c2)c([2H])c1[2H]. The third-order valence-corrected chi connectivity index (χ3v) is 7.65. The summed E-state index contributed by atoms with van der Waals surface area (Å²) in [6.45, 7) is 1.99. The van der Waals surface area contributed by atoms with Crippen LogP contribution in [0, 0.1) is 0 Å². The first-order chi connectivity index (χ1) is 26.7. The second-order valence-corrected chi connectivity index (χ2v) is 10.1. The highest BCUT2D eigenvalue weighted by molar-refractivity contribution is 6.21. The molecule has 7 aromatic carbocycles. The number of rotatable bonds is 5. The van der Waals surface area contributed by atoms with E-state index in [1.165, 1.54) is 6.07 Å². The van der Waals surface area contributed by atoms with Crippen LogP contribution in [0.2, 0.25) is 0 Å².